The molecule has 7 heteroatoms. The molecule has 0 bridgehead atoms. The van der Waals surface area contributed by atoms with Crippen molar-refractivity contribution in [2.24, 2.45) is 0 Å². The molecule has 4 N–H and O–H groups in total. The molecule has 0 saturated carbocycles. The highest BCUT2D eigenvalue weighted by molar-refractivity contribution is 5.73. The van der Waals surface area contributed by atoms with Crippen molar-refractivity contribution in [1.29, 1.82) is 0 Å². The molecule has 2 amide bonds. The molecule has 19 heavy (non-hydrogen) atoms. The number of carbonyl (C=O) groups excluding carboxylic acids is 1. The number of hydrogen-bond acceptors (Lipinski definition) is 4. The van der Waals surface area contributed by atoms with Crippen LogP contribution in [0.25, 0.3) is 0 Å². The SMILES string of the molecule is CCCn1nc(C)c(N)c1NCCNC(=O)N(C)C. The van der Waals surface area contributed by atoms with Crippen molar-refractivity contribution in [2.45, 2.75) is 26.8 Å². The van der Waals surface area contributed by atoms with Gasteiger partial charge >= 0.3 is 6.03 Å². The Balaban J connectivity index is 2.51. The van der Waals surface area contributed by atoms with Crippen LogP contribution in [0.4, 0.5) is 16.3 Å². The van der Waals surface area contributed by atoms with Gasteiger partial charge in [0.05, 0.1) is 11.4 Å². The van der Waals surface area contributed by atoms with Gasteiger partial charge < -0.3 is 21.3 Å². The molecule has 0 aliphatic carbocycles. The third-order valence-electron chi connectivity index (χ3n) is 2.71. The van der Waals surface area contributed by atoms with E-state index in [0.29, 0.717) is 18.8 Å². The van der Waals surface area contributed by atoms with Crippen molar-refractivity contribution in [3.63, 3.8) is 0 Å². The number of hydrogen-bond donors (Lipinski definition) is 3. The molecule has 0 aliphatic rings. The fourth-order valence-corrected chi connectivity index (χ4v) is 1.66. The number of urea groups is 1. The number of nitrogens with one attached hydrogen (secondary N) is 2. The molecule has 108 valence electrons. The van der Waals surface area contributed by atoms with Crippen molar-refractivity contribution < 1.29 is 4.79 Å². The molecule has 1 aromatic heterocycles. The predicted molar refractivity (Wildman–Crippen MR) is 77.2 cm³/mol. The van der Waals surface area contributed by atoms with Crippen LogP contribution in [-0.2, 0) is 6.54 Å². The van der Waals surface area contributed by atoms with Gasteiger partial charge in [0, 0.05) is 33.7 Å². The lowest BCUT2D eigenvalue weighted by Gasteiger charge is -2.13. The second kappa shape index (κ2) is 6.86. The molecule has 0 radical (unpaired) electrons. The standard InChI is InChI=1S/C12H24N6O/c1-5-8-18-11(10(13)9(2)16-18)14-6-7-15-12(19)17(3)4/h14H,5-8,13H2,1-4H3,(H,15,19). The van der Waals surface area contributed by atoms with Crippen LogP contribution in [0.3, 0.4) is 0 Å². The summed E-state index contributed by atoms with van der Waals surface area (Å²) in [6.07, 6.45) is 0.993. The fourth-order valence-electron chi connectivity index (χ4n) is 1.66. The average Bonchev–Trinajstić information content (AvgIpc) is 2.61. The van der Waals surface area contributed by atoms with Gasteiger partial charge in [0.25, 0.3) is 0 Å². The van der Waals surface area contributed by atoms with Crippen LogP contribution < -0.4 is 16.4 Å². The lowest BCUT2D eigenvalue weighted by molar-refractivity contribution is 0.218. The van der Waals surface area contributed by atoms with Gasteiger partial charge in [-0.25, -0.2) is 9.48 Å². The maximum absolute atomic E-state index is 11.3. The Kier molecular flexibility index (Phi) is 5.47. The summed E-state index contributed by atoms with van der Waals surface area (Å²) in [4.78, 5) is 12.8. The second-order valence-electron chi connectivity index (χ2n) is 4.62. The van der Waals surface area contributed by atoms with Gasteiger partial charge in [-0.3, -0.25) is 0 Å². The number of rotatable bonds is 6. The summed E-state index contributed by atoms with van der Waals surface area (Å²) in [6, 6.07) is -0.104. The Morgan fingerprint density at radius 3 is 2.68 bits per heavy atom. The zero-order valence-electron chi connectivity index (χ0n) is 12.2. The Morgan fingerprint density at radius 1 is 1.42 bits per heavy atom. The number of aryl methyl sites for hydroxylation is 2. The minimum Gasteiger partial charge on any atom is -0.394 e. The van der Waals surface area contributed by atoms with Crippen molar-refractivity contribution in [2.75, 3.05) is 38.2 Å². The molecular weight excluding hydrogens is 244 g/mol. The minimum absolute atomic E-state index is 0.104. The third kappa shape index (κ3) is 4.04. The van der Waals surface area contributed by atoms with E-state index in [1.54, 1.807) is 14.1 Å². The van der Waals surface area contributed by atoms with Gasteiger partial charge in [0.2, 0.25) is 0 Å². The van der Waals surface area contributed by atoms with E-state index in [4.69, 9.17) is 5.73 Å². The normalized spacial score (nSPS) is 10.3. The largest absolute Gasteiger partial charge is 0.394 e. The number of nitrogens with zero attached hydrogens (tertiary/aromatic N) is 3. The molecule has 0 aromatic carbocycles. The number of nitrogen functional groups attached to an aromatic ring is 1. The lowest BCUT2D eigenvalue weighted by atomic mass is 10.4. The minimum atomic E-state index is -0.104. The summed E-state index contributed by atoms with van der Waals surface area (Å²) in [5, 5.41) is 10.4. The highest BCUT2D eigenvalue weighted by Crippen LogP contribution is 2.21. The number of anilines is 2. The van der Waals surface area contributed by atoms with E-state index in [1.807, 2.05) is 11.6 Å². The first kappa shape index (κ1) is 15.1. The van der Waals surface area contributed by atoms with Crippen LogP contribution >= 0.6 is 0 Å². The quantitative estimate of drug-likeness (QED) is 0.668. The van der Waals surface area contributed by atoms with Gasteiger partial charge in [-0.2, -0.15) is 5.10 Å². The molecular formula is C12H24N6O. The predicted octanol–water partition coefficient (Wildman–Crippen LogP) is 0.867. The molecule has 7 nitrogen and oxygen atoms in total. The van der Waals surface area contributed by atoms with E-state index in [-0.39, 0.29) is 6.03 Å². The van der Waals surface area contributed by atoms with Crippen LogP contribution in [0.1, 0.15) is 19.0 Å². The third-order valence-corrected chi connectivity index (χ3v) is 2.71. The van der Waals surface area contributed by atoms with Crippen LogP contribution in [0, 0.1) is 6.92 Å². The molecule has 0 atom stereocenters. The summed E-state index contributed by atoms with van der Waals surface area (Å²) < 4.78 is 1.87. The average molecular weight is 268 g/mol. The number of nitrogens with two attached hydrogens (primary N) is 1. The van der Waals surface area contributed by atoms with E-state index >= 15 is 0 Å². The molecule has 0 spiro atoms. The van der Waals surface area contributed by atoms with Crippen LogP contribution in [0.5, 0.6) is 0 Å². The first-order valence-corrected chi connectivity index (χ1v) is 6.49. The van der Waals surface area contributed by atoms with Crippen LogP contribution in [-0.4, -0.2) is 47.9 Å². The van der Waals surface area contributed by atoms with Crippen LogP contribution in [0.15, 0.2) is 0 Å². The summed E-state index contributed by atoms with van der Waals surface area (Å²) >= 11 is 0. The monoisotopic (exact) mass is 268 g/mol. The van der Waals surface area contributed by atoms with Gasteiger partial charge in [0.1, 0.15) is 5.82 Å². The first-order chi connectivity index (χ1) is 8.97. The zero-order valence-corrected chi connectivity index (χ0v) is 12.2. The van der Waals surface area contributed by atoms with E-state index in [1.165, 1.54) is 4.90 Å². The van der Waals surface area contributed by atoms with E-state index < -0.39 is 0 Å². The summed E-state index contributed by atoms with van der Waals surface area (Å²) in [5.41, 5.74) is 7.48. The molecule has 0 unspecified atom stereocenters. The molecule has 1 heterocycles. The molecule has 0 fully saturated rings. The Hall–Kier alpha value is -1.92. The maximum Gasteiger partial charge on any atom is 0.316 e. The zero-order chi connectivity index (χ0) is 14.4. The molecule has 1 rings (SSSR count). The molecule has 1 aromatic rings. The highest BCUT2D eigenvalue weighted by Gasteiger charge is 2.11. The fraction of sp³-hybridized carbons (Fsp3) is 0.667. The summed E-state index contributed by atoms with van der Waals surface area (Å²) in [5.74, 6) is 0.832. The van der Waals surface area contributed by atoms with Crippen molar-refractivity contribution in [1.82, 2.24) is 20.0 Å². The highest BCUT2D eigenvalue weighted by atomic mass is 16.2. The van der Waals surface area contributed by atoms with Crippen molar-refractivity contribution in [3.05, 3.63) is 5.69 Å². The van der Waals surface area contributed by atoms with Gasteiger partial charge in [0.15, 0.2) is 0 Å². The molecule has 0 saturated heterocycles. The Morgan fingerprint density at radius 2 is 2.11 bits per heavy atom. The smallest absolute Gasteiger partial charge is 0.316 e. The summed E-state index contributed by atoms with van der Waals surface area (Å²) in [7, 11) is 3.42. The van der Waals surface area contributed by atoms with E-state index in [0.717, 1.165) is 24.5 Å². The van der Waals surface area contributed by atoms with Gasteiger partial charge in [-0.1, -0.05) is 6.92 Å². The van der Waals surface area contributed by atoms with Gasteiger partial charge in [-0.15, -0.1) is 0 Å². The lowest BCUT2D eigenvalue weighted by Crippen LogP contribution is -2.37. The van der Waals surface area contributed by atoms with Crippen molar-refractivity contribution >= 4 is 17.5 Å². The van der Waals surface area contributed by atoms with Crippen molar-refractivity contribution in [3.8, 4) is 0 Å². The Bertz CT molecular complexity index is 426. The summed E-state index contributed by atoms with van der Waals surface area (Å²) in [6.45, 7) is 5.95. The maximum atomic E-state index is 11.3. The second-order valence-corrected chi connectivity index (χ2v) is 4.62. The first-order valence-electron chi connectivity index (χ1n) is 6.49. The number of carbonyl (C=O) groups is 1. The van der Waals surface area contributed by atoms with Crippen LogP contribution in [0.2, 0.25) is 0 Å². The number of amides is 2. The number of aromatic nitrogens is 2. The van der Waals surface area contributed by atoms with E-state index in [2.05, 4.69) is 22.7 Å². The van der Waals surface area contributed by atoms with Gasteiger partial charge in [-0.05, 0) is 13.3 Å². The molecule has 0 aliphatic heterocycles. The topological polar surface area (TPSA) is 88.2 Å². The van der Waals surface area contributed by atoms with E-state index in [9.17, 15) is 4.79 Å². The Labute approximate surface area is 114 Å².